The summed E-state index contributed by atoms with van der Waals surface area (Å²) in [6.45, 7) is -7.23. The third kappa shape index (κ3) is 18.3. The maximum atomic E-state index is 16.7. The molecule has 4 aliphatic heterocycles. The highest BCUT2D eigenvalue weighted by Gasteiger charge is 2.54. The number of hydrogen-bond acceptors (Lipinski definition) is 25. The average Bonchev–Trinajstić information content (AvgIpc) is 1.62. The van der Waals surface area contributed by atoms with Crippen LogP contribution in [0.2, 0.25) is 0 Å². The second kappa shape index (κ2) is 31.7. The van der Waals surface area contributed by atoms with Gasteiger partial charge in [-0.25, -0.2) is 57.6 Å². The van der Waals surface area contributed by atoms with E-state index in [0.29, 0.717) is 43.4 Å². The lowest BCUT2D eigenvalue weighted by molar-refractivity contribution is -0.137. The number of imidazole rings is 2. The molecule has 5 aromatic rings. The van der Waals surface area contributed by atoms with Crippen molar-refractivity contribution >= 4 is 125 Å². The number of halogens is 2. The van der Waals surface area contributed by atoms with Crippen LogP contribution in [-0.4, -0.2) is 197 Å². The number of likely N-dealkylation sites (N-methyl/N-ethyl adjacent to an activating group) is 1. The van der Waals surface area contributed by atoms with Crippen LogP contribution in [0.3, 0.4) is 0 Å². The van der Waals surface area contributed by atoms with E-state index in [9.17, 15) is 47.8 Å². The molecule has 0 spiro atoms. The Labute approximate surface area is 549 Å². The van der Waals surface area contributed by atoms with Gasteiger partial charge in [0, 0.05) is 44.4 Å². The molecule has 0 bridgehead atoms. The number of amides is 9. The summed E-state index contributed by atoms with van der Waals surface area (Å²) < 4.78 is 94.0. The van der Waals surface area contributed by atoms with E-state index in [2.05, 4.69) is 68.7 Å². The number of carbonyl (C=O) groups excluding carboxylic acids is 8. The molecule has 514 valence electrons. The molecule has 9 amide bonds. The SMILES string of the molecule is CC(C)[C@H](NC(=O)CCCCCN1C(=O)C=CC1=O)C(=O)N[C@@H](CCCCNC(N)=O)C(=O)Nc1ccc(COC(=O)N(C)CCOC(=O)Nc2ncnc3c2ncn3[C@@H]2O[C@@H]3COP(O)(=S)O[C@H]4[C@@H](F)[C@H](n5cnc6c(N)ncnc65)O[C@@H]4COP(=O)(S)O[C@H]3[C@H]2F)cc1. The highest BCUT2D eigenvalue weighted by Crippen LogP contribution is 2.59. The Bertz CT molecular complexity index is 3770. The van der Waals surface area contributed by atoms with Crippen molar-refractivity contribution in [2.75, 3.05) is 62.9 Å². The number of urea groups is 1. The number of ether oxygens (including phenoxy) is 4. The number of fused-ring (bicyclic) bond motifs is 4. The maximum Gasteiger partial charge on any atom is 0.412 e. The number of nitrogen functional groups attached to an aromatic ring is 1. The highest BCUT2D eigenvalue weighted by atomic mass is 32.7. The number of nitrogens with two attached hydrogens (primary N) is 2. The summed E-state index contributed by atoms with van der Waals surface area (Å²) in [4.78, 5) is 139. The number of aromatic nitrogens is 8. The normalized spacial score (nSPS) is 25.0. The molecule has 1 aromatic carbocycles. The lowest BCUT2D eigenvalue weighted by atomic mass is 10.0. The smallest absolute Gasteiger partial charge is 0.412 e. The van der Waals surface area contributed by atoms with E-state index in [-0.39, 0.29) is 97.4 Å². The summed E-state index contributed by atoms with van der Waals surface area (Å²) in [5, 5.41) is 13.2. The number of nitrogens with one attached hydrogen (secondary N) is 5. The lowest BCUT2D eigenvalue weighted by Crippen LogP contribution is -2.54. The lowest BCUT2D eigenvalue weighted by Gasteiger charge is -2.29. The van der Waals surface area contributed by atoms with Gasteiger partial charge in [0.1, 0.15) is 67.9 Å². The van der Waals surface area contributed by atoms with Crippen LogP contribution < -0.4 is 38.1 Å². The van der Waals surface area contributed by atoms with Gasteiger partial charge in [0.15, 0.2) is 53.2 Å². The fourth-order valence-electron chi connectivity index (χ4n) is 10.3. The van der Waals surface area contributed by atoms with Crippen molar-refractivity contribution in [3.63, 3.8) is 0 Å². The van der Waals surface area contributed by atoms with E-state index in [0.717, 1.165) is 33.3 Å². The molecule has 10 N–H and O–H groups in total. The Morgan fingerprint density at radius 3 is 2.11 bits per heavy atom. The number of carbonyl (C=O) groups is 8. The molecule has 8 heterocycles. The molecule has 4 aromatic heterocycles. The predicted molar refractivity (Wildman–Crippen MR) is 335 cm³/mol. The number of unbranched alkanes of at least 4 members (excludes halogenated alkanes) is 3. The summed E-state index contributed by atoms with van der Waals surface area (Å²) in [5.41, 5.74) is 12.0. The molecule has 3 fully saturated rings. The molecule has 0 aliphatic carbocycles. The standard InChI is InChI=1S/C54H69F2N17O18P2S2/c1-28(2)39(68-34(74)10-5-4-8-18-71-35(75)15-16-36(71)76)49(78)67-31(9-6-7-17-59-52(58)79)48(77)66-30-13-11-29(12-14-30)21-85-54(81)70(3)19-20-84-53(80)69-45-41-47(63-25-61-45)73(27-65-41)51-38(56)43-33(89-51)23-87-92(82,94)90-42-32(22-86-93(83,95)91-43)88-50(37(42)55)72-26-64-40-44(57)60-24-62-46(40)72/h11-16,24-28,31-33,37-39,42-43,50-51H,4-10,17-23H2,1-3H3,(H,66,77)(H,67,78)(H,68,74)(H,82,94)(H,83,95)(H2,57,60,62)(H3,58,59,79)(H,61,63,69,80)/t31-,32+,33+,37+,38+,39-,42+,43+,50+,51+,92?,93?/m0/s1. The molecule has 35 nitrogen and oxygen atoms in total. The largest absolute Gasteiger partial charge is 0.447 e. The Kier molecular flexibility index (Phi) is 23.8. The molecule has 4 aliphatic rings. The first-order chi connectivity index (χ1) is 45.3. The van der Waals surface area contributed by atoms with Gasteiger partial charge in [0.2, 0.25) is 17.7 Å². The van der Waals surface area contributed by atoms with Crippen molar-refractivity contribution in [3.05, 3.63) is 67.3 Å². The van der Waals surface area contributed by atoms with Crippen molar-refractivity contribution in [2.24, 2.45) is 11.7 Å². The number of thiol groups is 1. The molecular weight excluding hydrogens is 1340 g/mol. The molecular formula is C54H69F2N17O18P2S2. The molecule has 9 rings (SSSR count). The molecule has 0 radical (unpaired) electrons. The zero-order chi connectivity index (χ0) is 68.3. The van der Waals surface area contributed by atoms with Crippen molar-refractivity contribution < 1.29 is 93.6 Å². The summed E-state index contributed by atoms with van der Waals surface area (Å²) in [6, 6.07) is 3.51. The van der Waals surface area contributed by atoms with Gasteiger partial charge in [0.25, 0.3) is 11.8 Å². The van der Waals surface area contributed by atoms with Crippen LogP contribution in [0.5, 0.6) is 0 Å². The highest BCUT2D eigenvalue weighted by molar-refractivity contribution is 8.44. The second-order valence-corrected chi connectivity index (χ2v) is 28.0. The van der Waals surface area contributed by atoms with Gasteiger partial charge < -0.3 is 66.0 Å². The molecule has 12 atom stereocenters. The van der Waals surface area contributed by atoms with E-state index < -0.39 is 124 Å². The van der Waals surface area contributed by atoms with Gasteiger partial charge in [-0.1, -0.05) is 44.6 Å². The van der Waals surface area contributed by atoms with Crippen LogP contribution >= 0.6 is 25.8 Å². The number of primary amides is 1. The Balaban J connectivity index is 0.726. The first-order valence-electron chi connectivity index (χ1n) is 29.7. The van der Waals surface area contributed by atoms with E-state index >= 15 is 8.78 Å². The van der Waals surface area contributed by atoms with E-state index in [4.69, 9.17) is 60.3 Å². The number of hydrogen-bond donors (Lipinski definition) is 9. The van der Waals surface area contributed by atoms with Gasteiger partial charge in [-0.05, 0) is 67.5 Å². The van der Waals surface area contributed by atoms with Crippen LogP contribution in [0, 0.1) is 5.92 Å². The van der Waals surface area contributed by atoms with Gasteiger partial charge >= 0.3 is 31.7 Å². The molecule has 2 unspecified atom stereocenters. The number of benzene rings is 1. The van der Waals surface area contributed by atoms with Crippen LogP contribution in [0.4, 0.5) is 40.5 Å². The first kappa shape index (κ1) is 71.3. The van der Waals surface area contributed by atoms with Crippen molar-refractivity contribution in [1.82, 2.24) is 64.8 Å². The summed E-state index contributed by atoms with van der Waals surface area (Å²) in [7, 11) is 1.40. The van der Waals surface area contributed by atoms with E-state index in [1.165, 1.54) is 30.1 Å². The third-order valence-electron chi connectivity index (χ3n) is 15.2. The minimum Gasteiger partial charge on any atom is -0.447 e. The van der Waals surface area contributed by atoms with Crippen molar-refractivity contribution in [1.29, 1.82) is 0 Å². The van der Waals surface area contributed by atoms with Crippen molar-refractivity contribution in [3.8, 4) is 0 Å². The summed E-state index contributed by atoms with van der Waals surface area (Å²) in [6.07, 6.45) is -6.31. The van der Waals surface area contributed by atoms with Crippen LogP contribution in [-0.2, 0) is 84.0 Å². The zero-order valence-corrected chi connectivity index (χ0v) is 54.5. The minimum atomic E-state index is -4.57. The molecule has 41 heteroatoms. The van der Waals surface area contributed by atoms with Gasteiger partial charge in [-0.2, -0.15) is 0 Å². The Morgan fingerprint density at radius 1 is 0.811 bits per heavy atom. The van der Waals surface area contributed by atoms with Crippen LogP contribution in [0.25, 0.3) is 22.3 Å². The summed E-state index contributed by atoms with van der Waals surface area (Å²) in [5.74, 6) is -2.88. The fourth-order valence-corrected chi connectivity index (χ4v) is 13.2. The zero-order valence-electron chi connectivity index (χ0n) is 51.0. The average molecular weight is 1410 g/mol. The molecule has 95 heavy (non-hydrogen) atoms. The quantitative estimate of drug-likeness (QED) is 0.0175. The predicted octanol–water partition coefficient (Wildman–Crippen LogP) is 3.50. The number of imide groups is 1. The van der Waals surface area contributed by atoms with Crippen LogP contribution in [0.1, 0.15) is 76.8 Å². The summed E-state index contributed by atoms with van der Waals surface area (Å²) >= 11 is 9.30. The first-order valence-corrected chi connectivity index (χ1v) is 34.9. The van der Waals surface area contributed by atoms with Gasteiger partial charge in [-0.15, -0.1) is 0 Å². The van der Waals surface area contributed by atoms with Crippen molar-refractivity contribution in [2.45, 2.75) is 127 Å². The third-order valence-corrected chi connectivity index (χ3v) is 18.4. The Hall–Kier alpha value is -7.97. The topological polar surface area (TPSA) is 454 Å². The van der Waals surface area contributed by atoms with Crippen LogP contribution in [0.15, 0.2) is 61.7 Å². The number of rotatable bonds is 25. The van der Waals surface area contributed by atoms with Gasteiger partial charge in [0.05, 0.1) is 32.4 Å². The second-order valence-electron chi connectivity index (χ2n) is 22.3. The minimum absolute atomic E-state index is 0.00850. The number of alkyl halides is 2. The number of anilines is 3. The number of nitrogens with zero attached hydrogens (tertiary/aromatic N) is 10. The molecule has 3 saturated heterocycles. The van der Waals surface area contributed by atoms with E-state index in [1.54, 1.807) is 38.1 Å². The molecule has 0 saturated carbocycles. The monoisotopic (exact) mass is 1410 g/mol. The van der Waals surface area contributed by atoms with E-state index in [1.807, 2.05) is 0 Å². The Morgan fingerprint density at radius 2 is 1.44 bits per heavy atom. The maximum absolute atomic E-state index is 16.7. The fraction of sp³-hybridized carbons (Fsp3) is 0.519. The van der Waals surface area contributed by atoms with Gasteiger partial charge in [-0.3, -0.25) is 56.9 Å².